The van der Waals surface area contributed by atoms with Crippen LogP contribution in [0.1, 0.15) is 83.0 Å². The number of rotatable bonds is 12. The normalized spacial score (nSPS) is 13.5. The number of nitrogens with zero attached hydrogens (tertiary/aromatic N) is 2. The third kappa shape index (κ3) is 10.5. The van der Waals surface area contributed by atoms with Gasteiger partial charge in [0.15, 0.2) is 0 Å². The third-order valence-corrected chi connectivity index (χ3v) is 5.58. The van der Waals surface area contributed by atoms with Gasteiger partial charge in [-0.1, -0.05) is 37.1 Å². The molecule has 0 saturated carbocycles. The minimum Gasteiger partial charge on any atom is -0.444 e. The van der Waals surface area contributed by atoms with Crippen molar-refractivity contribution in [2.75, 3.05) is 6.54 Å². The molecule has 0 spiro atoms. The zero-order chi connectivity index (χ0) is 28.3. The standard InChI is InChI=1S/C27H41N5O5/c1-8-9-19(4)30-24(34)23(20-11-10-17(2)16-18(20)3)32(15-14-28)25(35)21(12-13-22(29)33)31-26(36)37-27(5,6)7/h10-11,16,19,21,23H,8-9,12-13,15H2,1-7H3,(H2,29,33)(H,30,34)(H,31,36). The molecule has 0 aliphatic carbocycles. The quantitative estimate of drug-likeness (QED) is 0.363. The van der Waals surface area contributed by atoms with E-state index >= 15 is 0 Å². The summed E-state index contributed by atoms with van der Waals surface area (Å²) in [5.74, 6) is -1.80. The summed E-state index contributed by atoms with van der Waals surface area (Å²) in [6.07, 6.45) is 0.407. The monoisotopic (exact) mass is 515 g/mol. The van der Waals surface area contributed by atoms with Crippen LogP contribution in [-0.4, -0.2) is 52.9 Å². The lowest BCUT2D eigenvalue weighted by Gasteiger charge is -2.34. The first-order chi connectivity index (χ1) is 17.2. The van der Waals surface area contributed by atoms with Crippen LogP contribution < -0.4 is 16.4 Å². The van der Waals surface area contributed by atoms with E-state index in [4.69, 9.17) is 10.5 Å². The first kappa shape index (κ1) is 31.4. The second kappa shape index (κ2) is 14.2. The SMILES string of the molecule is CCCC(C)NC(=O)C(c1ccc(C)cc1C)N(CC#N)C(=O)C(CCC(N)=O)NC(=O)OC(C)(C)C. The molecule has 4 N–H and O–H groups in total. The number of nitrogens with two attached hydrogens (primary N) is 1. The third-order valence-electron chi connectivity index (χ3n) is 5.58. The fourth-order valence-corrected chi connectivity index (χ4v) is 3.98. The average molecular weight is 516 g/mol. The summed E-state index contributed by atoms with van der Waals surface area (Å²) in [4.78, 5) is 52.6. The molecule has 0 bridgehead atoms. The molecule has 0 aliphatic heterocycles. The molecule has 204 valence electrons. The van der Waals surface area contributed by atoms with Crippen molar-refractivity contribution in [2.45, 2.75) is 97.9 Å². The van der Waals surface area contributed by atoms with Gasteiger partial charge in [0, 0.05) is 12.5 Å². The number of hydrogen-bond donors (Lipinski definition) is 3. The Morgan fingerprint density at radius 1 is 1.14 bits per heavy atom. The molecule has 10 heteroatoms. The number of primary amides is 1. The maximum absolute atomic E-state index is 13.8. The Hall–Kier alpha value is -3.61. The minimum absolute atomic E-state index is 0.122. The summed E-state index contributed by atoms with van der Waals surface area (Å²) in [7, 11) is 0. The van der Waals surface area contributed by atoms with Crippen molar-refractivity contribution in [1.29, 1.82) is 5.26 Å². The number of carbonyl (C=O) groups excluding carboxylic acids is 4. The highest BCUT2D eigenvalue weighted by molar-refractivity contribution is 5.93. The number of nitriles is 1. The van der Waals surface area contributed by atoms with Crippen LogP contribution in [0.4, 0.5) is 4.79 Å². The van der Waals surface area contributed by atoms with Crippen LogP contribution in [0, 0.1) is 25.2 Å². The van der Waals surface area contributed by atoms with E-state index in [1.54, 1.807) is 26.8 Å². The number of hydrogen-bond acceptors (Lipinski definition) is 6. The second-order valence-electron chi connectivity index (χ2n) is 10.3. The van der Waals surface area contributed by atoms with Gasteiger partial charge in [-0.15, -0.1) is 0 Å². The first-order valence-electron chi connectivity index (χ1n) is 12.5. The lowest BCUT2D eigenvalue weighted by Crippen LogP contribution is -2.54. The van der Waals surface area contributed by atoms with Gasteiger partial charge < -0.3 is 26.0 Å². The molecule has 0 radical (unpaired) electrons. The van der Waals surface area contributed by atoms with E-state index in [0.29, 0.717) is 5.56 Å². The Labute approximate surface area is 219 Å². The number of amides is 4. The number of ether oxygens (including phenoxy) is 1. The number of benzene rings is 1. The fourth-order valence-electron chi connectivity index (χ4n) is 3.98. The van der Waals surface area contributed by atoms with Crippen molar-refractivity contribution in [1.82, 2.24) is 15.5 Å². The number of nitrogens with one attached hydrogen (secondary N) is 2. The number of aryl methyl sites for hydroxylation is 2. The molecule has 3 atom stereocenters. The van der Waals surface area contributed by atoms with Crippen LogP contribution in [0.3, 0.4) is 0 Å². The summed E-state index contributed by atoms with van der Waals surface area (Å²) in [6.45, 7) is 12.2. The van der Waals surface area contributed by atoms with Gasteiger partial charge in [-0.3, -0.25) is 14.4 Å². The van der Waals surface area contributed by atoms with Crippen LogP contribution >= 0.6 is 0 Å². The topological polar surface area (TPSA) is 155 Å². The van der Waals surface area contributed by atoms with E-state index < -0.39 is 48.0 Å². The Morgan fingerprint density at radius 3 is 2.30 bits per heavy atom. The maximum Gasteiger partial charge on any atom is 0.408 e. The zero-order valence-corrected chi connectivity index (χ0v) is 23.0. The summed E-state index contributed by atoms with van der Waals surface area (Å²) in [5.41, 5.74) is 6.78. The van der Waals surface area contributed by atoms with Crippen molar-refractivity contribution >= 4 is 23.8 Å². The highest BCUT2D eigenvalue weighted by Gasteiger charge is 2.37. The minimum atomic E-state index is -1.25. The number of alkyl carbamates (subject to hydrolysis) is 1. The van der Waals surface area contributed by atoms with Crippen LogP contribution in [0.2, 0.25) is 0 Å². The van der Waals surface area contributed by atoms with E-state index in [9.17, 15) is 24.4 Å². The Bertz CT molecular complexity index is 1010. The molecule has 0 saturated heterocycles. The molecular weight excluding hydrogens is 474 g/mol. The van der Waals surface area contributed by atoms with Gasteiger partial charge in [-0.2, -0.15) is 5.26 Å². The predicted octanol–water partition coefficient (Wildman–Crippen LogP) is 3.16. The molecule has 4 amide bonds. The molecule has 0 heterocycles. The second-order valence-corrected chi connectivity index (χ2v) is 10.3. The lowest BCUT2D eigenvalue weighted by atomic mass is 9.95. The predicted molar refractivity (Wildman–Crippen MR) is 140 cm³/mol. The van der Waals surface area contributed by atoms with Crippen molar-refractivity contribution in [3.63, 3.8) is 0 Å². The highest BCUT2D eigenvalue weighted by Crippen LogP contribution is 2.27. The lowest BCUT2D eigenvalue weighted by molar-refractivity contribution is -0.142. The van der Waals surface area contributed by atoms with E-state index in [0.717, 1.165) is 28.9 Å². The van der Waals surface area contributed by atoms with Crippen LogP contribution in [0.25, 0.3) is 0 Å². The smallest absolute Gasteiger partial charge is 0.408 e. The zero-order valence-electron chi connectivity index (χ0n) is 23.0. The van der Waals surface area contributed by atoms with E-state index in [-0.39, 0.29) is 18.9 Å². The molecule has 0 fully saturated rings. The van der Waals surface area contributed by atoms with Gasteiger partial charge in [-0.05, 0) is 65.5 Å². The molecule has 10 nitrogen and oxygen atoms in total. The van der Waals surface area contributed by atoms with E-state index in [1.807, 2.05) is 45.9 Å². The van der Waals surface area contributed by atoms with Gasteiger partial charge in [0.05, 0.1) is 6.07 Å². The molecule has 3 unspecified atom stereocenters. The Morgan fingerprint density at radius 2 is 1.78 bits per heavy atom. The van der Waals surface area contributed by atoms with E-state index in [2.05, 4.69) is 10.6 Å². The molecule has 37 heavy (non-hydrogen) atoms. The van der Waals surface area contributed by atoms with Gasteiger partial charge in [0.25, 0.3) is 0 Å². The van der Waals surface area contributed by atoms with Crippen LogP contribution in [0.5, 0.6) is 0 Å². The Kier molecular flexibility index (Phi) is 12.1. The van der Waals surface area contributed by atoms with Crippen LogP contribution in [-0.2, 0) is 19.1 Å². The van der Waals surface area contributed by atoms with Gasteiger partial charge >= 0.3 is 6.09 Å². The molecular formula is C27H41N5O5. The summed E-state index contributed by atoms with van der Waals surface area (Å²) >= 11 is 0. The molecule has 1 aromatic carbocycles. The van der Waals surface area contributed by atoms with Crippen molar-refractivity contribution in [3.8, 4) is 6.07 Å². The maximum atomic E-state index is 13.8. The summed E-state index contributed by atoms with van der Waals surface area (Å²) in [5, 5.41) is 15.1. The van der Waals surface area contributed by atoms with Gasteiger partial charge in [-0.25, -0.2) is 4.79 Å². The molecule has 1 aromatic rings. The average Bonchev–Trinajstić information content (AvgIpc) is 2.75. The van der Waals surface area contributed by atoms with Crippen molar-refractivity contribution < 1.29 is 23.9 Å². The van der Waals surface area contributed by atoms with Gasteiger partial charge in [0.1, 0.15) is 24.2 Å². The van der Waals surface area contributed by atoms with Crippen LogP contribution in [0.15, 0.2) is 18.2 Å². The summed E-state index contributed by atoms with van der Waals surface area (Å²) < 4.78 is 5.29. The Balaban J connectivity index is 3.53. The van der Waals surface area contributed by atoms with E-state index in [1.165, 1.54) is 0 Å². The summed E-state index contributed by atoms with van der Waals surface area (Å²) in [6, 6.07) is 4.91. The van der Waals surface area contributed by atoms with Crippen molar-refractivity contribution in [2.24, 2.45) is 5.73 Å². The molecule has 1 rings (SSSR count). The largest absolute Gasteiger partial charge is 0.444 e. The number of carbonyl (C=O) groups is 4. The van der Waals surface area contributed by atoms with Gasteiger partial charge in [0.2, 0.25) is 17.7 Å². The highest BCUT2D eigenvalue weighted by atomic mass is 16.6. The molecule has 0 aliphatic rings. The fraction of sp³-hybridized carbons (Fsp3) is 0.593. The van der Waals surface area contributed by atoms with Crippen molar-refractivity contribution in [3.05, 3.63) is 34.9 Å². The first-order valence-corrected chi connectivity index (χ1v) is 12.5. The molecule has 0 aromatic heterocycles.